The van der Waals surface area contributed by atoms with E-state index >= 15 is 0 Å². The third kappa shape index (κ3) is 3.57. The Hall–Kier alpha value is -1.87. The Labute approximate surface area is 108 Å². The van der Waals surface area contributed by atoms with Crippen molar-refractivity contribution >= 4 is 5.82 Å². The Morgan fingerprint density at radius 2 is 1.89 bits per heavy atom. The molecule has 2 rings (SSSR count). The summed E-state index contributed by atoms with van der Waals surface area (Å²) in [5.74, 6) is 0.910. The van der Waals surface area contributed by atoms with Gasteiger partial charge in [-0.25, -0.2) is 4.98 Å². The fourth-order valence-electron chi connectivity index (χ4n) is 1.73. The minimum Gasteiger partial charge on any atom is -0.372 e. The number of aromatic nitrogens is 1. The summed E-state index contributed by atoms with van der Waals surface area (Å²) in [4.78, 5) is 4.30. The molecule has 0 atom stereocenters. The van der Waals surface area contributed by atoms with Gasteiger partial charge in [0.05, 0.1) is 13.2 Å². The topological polar surface area (TPSA) is 34.2 Å². The maximum atomic E-state index is 5.71. The van der Waals surface area contributed by atoms with Gasteiger partial charge in [0, 0.05) is 18.3 Å². The molecule has 1 aromatic heterocycles. The SMILES string of the molecule is CCNc1ncccc1COCc1ccccc1. The van der Waals surface area contributed by atoms with Crippen LogP contribution < -0.4 is 5.32 Å². The summed E-state index contributed by atoms with van der Waals surface area (Å²) in [6, 6.07) is 14.1. The lowest BCUT2D eigenvalue weighted by molar-refractivity contribution is 0.107. The number of anilines is 1. The van der Waals surface area contributed by atoms with Gasteiger partial charge in [-0.05, 0) is 18.6 Å². The smallest absolute Gasteiger partial charge is 0.131 e. The molecular formula is C15H18N2O. The highest BCUT2D eigenvalue weighted by molar-refractivity contribution is 5.43. The first-order valence-electron chi connectivity index (χ1n) is 6.19. The van der Waals surface area contributed by atoms with E-state index < -0.39 is 0 Å². The summed E-state index contributed by atoms with van der Waals surface area (Å²) in [5, 5.41) is 3.23. The average Bonchev–Trinajstić information content (AvgIpc) is 2.42. The first-order valence-corrected chi connectivity index (χ1v) is 6.19. The Balaban J connectivity index is 1.90. The van der Waals surface area contributed by atoms with Crippen LogP contribution in [0.3, 0.4) is 0 Å². The fraction of sp³-hybridized carbons (Fsp3) is 0.267. The molecule has 0 spiro atoms. The van der Waals surface area contributed by atoms with E-state index in [4.69, 9.17) is 4.74 Å². The van der Waals surface area contributed by atoms with E-state index in [9.17, 15) is 0 Å². The number of nitrogens with one attached hydrogen (secondary N) is 1. The second kappa shape index (κ2) is 6.77. The van der Waals surface area contributed by atoms with E-state index in [1.807, 2.05) is 30.3 Å². The lowest BCUT2D eigenvalue weighted by atomic mass is 10.2. The summed E-state index contributed by atoms with van der Waals surface area (Å²) in [7, 11) is 0. The van der Waals surface area contributed by atoms with Crippen molar-refractivity contribution in [2.75, 3.05) is 11.9 Å². The molecule has 1 heterocycles. The van der Waals surface area contributed by atoms with Crippen LogP contribution in [0, 0.1) is 0 Å². The monoisotopic (exact) mass is 242 g/mol. The van der Waals surface area contributed by atoms with Gasteiger partial charge in [0.25, 0.3) is 0 Å². The number of rotatable bonds is 6. The molecule has 1 N–H and O–H groups in total. The van der Waals surface area contributed by atoms with Crippen molar-refractivity contribution in [2.24, 2.45) is 0 Å². The number of ether oxygens (including phenoxy) is 1. The first kappa shape index (κ1) is 12.6. The summed E-state index contributed by atoms with van der Waals surface area (Å²) in [5.41, 5.74) is 2.28. The zero-order valence-electron chi connectivity index (χ0n) is 10.6. The van der Waals surface area contributed by atoms with E-state index in [1.165, 1.54) is 5.56 Å². The molecule has 3 heteroatoms. The zero-order chi connectivity index (χ0) is 12.6. The van der Waals surface area contributed by atoms with Crippen LogP contribution in [0.4, 0.5) is 5.82 Å². The molecule has 0 saturated carbocycles. The van der Waals surface area contributed by atoms with Gasteiger partial charge in [-0.1, -0.05) is 36.4 Å². The van der Waals surface area contributed by atoms with Gasteiger partial charge < -0.3 is 10.1 Å². The highest BCUT2D eigenvalue weighted by atomic mass is 16.5. The molecule has 0 unspecified atom stereocenters. The Morgan fingerprint density at radius 1 is 1.06 bits per heavy atom. The van der Waals surface area contributed by atoms with E-state index in [-0.39, 0.29) is 0 Å². The van der Waals surface area contributed by atoms with E-state index in [0.29, 0.717) is 13.2 Å². The van der Waals surface area contributed by atoms with Gasteiger partial charge in [0.1, 0.15) is 5.82 Å². The highest BCUT2D eigenvalue weighted by Crippen LogP contribution is 2.13. The number of nitrogens with zero attached hydrogens (tertiary/aromatic N) is 1. The van der Waals surface area contributed by atoms with Crippen molar-refractivity contribution in [1.82, 2.24) is 4.98 Å². The van der Waals surface area contributed by atoms with Crippen LogP contribution in [0.2, 0.25) is 0 Å². The molecule has 0 saturated heterocycles. The van der Waals surface area contributed by atoms with Gasteiger partial charge in [-0.2, -0.15) is 0 Å². The highest BCUT2D eigenvalue weighted by Gasteiger charge is 2.02. The number of pyridine rings is 1. The summed E-state index contributed by atoms with van der Waals surface area (Å²) < 4.78 is 5.71. The normalized spacial score (nSPS) is 10.3. The average molecular weight is 242 g/mol. The van der Waals surface area contributed by atoms with Gasteiger partial charge in [-0.15, -0.1) is 0 Å². The van der Waals surface area contributed by atoms with Gasteiger partial charge in [0.2, 0.25) is 0 Å². The molecular weight excluding hydrogens is 224 g/mol. The molecule has 0 aliphatic carbocycles. The van der Waals surface area contributed by atoms with Crippen LogP contribution in [-0.4, -0.2) is 11.5 Å². The Bertz CT molecular complexity index is 471. The molecule has 0 amide bonds. The maximum Gasteiger partial charge on any atom is 0.131 e. The first-order chi connectivity index (χ1) is 8.90. The molecule has 0 bridgehead atoms. The summed E-state index contributed by atoms with van der Waals surface area (Å²) in [6.07, 6.45) is 1.79. The van der Waals surface area contributed by atoms with Crippen molar-refractivity contribution in [2.45, 2.75) is 20.1 Å². The minimum absolute atomic E-state index is 0.574. The van der Waals surface area contributed by atoms with Crippen LogP contribution in [0.15, 0.2) is 48.7 Å². The summed E-state index contributed by atoms with van der Waals surface area (Å²) >= 11 is 0. The Kier molecular flexibility index (Phi) is 4.73. The van der Waals surface area contributed by atoms with Gasteiger partial charge in [0.15, 0.2) is 0 Å². The zero-order valence-corrected chi connectivity index (χ0v) is 10.6. The molecule has 0 fully saturated rings. The van der Waals surface area contributed by atoms with Crippen molar-refractivity contribution in [1.29, 1.82) is 0 Å². The third-order valence-corrected chi connectivity index (χ3v) is 2.60. The van der Waals surface area contributed by atoms with Gasteiger partial charge >= 0.3 is 0 Å². The Morgan fingerprint density at radius 3 is 2.67 bits per heavy atom. The maximum absolute atomic E-state index is 5.71. The predicted molar refractivity (Wildman–Crippen MR) is 73.3 cm³/mol. The van der Waals surface area contributed by atoms with Crippen molar-refractivity contribution in [3.05, 3.63) is 59.8 Å². The van der Waals surface area contributed by atoms with Crippen LogP contribution in [0.5, 0.6) is 0 Å². The van der Waals surface area contributed by atoms with Crippen molar-refractivity contribution in [3.8, 4) is 0 Å². The largest absolute Gasteiger partial charge is 0.372 e. The number of hydrogen-bond acceptors (Lipinski definition) is 3. The van der Waals surface area contributed by atoms with E-state index in [0.717, 1.165) is 17.9 Å². The molecule has 94 valence electrons. The molecule has 1 aromatic carbocycles. The molecule has 3 nitrogen and oxygen atoms in total. The molecule has 0 aliphatic rings. The fourth-order valence-corrected chi connectivity index (χ4v) is 1.73. The van der Waals surface area contributed by atoms with Crippen LogP contribution in [0.25, 0.3) is 0 Å². The van der Waals surface area contributed by atoms with E-state index in [1.54, 1.807) is 6.20 Å². The number of hydrogen-bond donors (Lipinski definition) is 1. The summed E-state index contributed by atoms with van der Waals surface area (Å²) in [6.45, 7) is 4.12. The second-order valence-electron chi connectivity index (χ2n) is 4.02. The molecule has 18 heavy (non-hydrogen) atoms. The van der Waals surface area contributed by atoms with Gasteiger partial charge in [-0.3, -0.25) is 0 Å². The quantitative estimate of drug-likeness (QED) is 0.844. The molecule has 0 aliphatic heterocycles. The molecule has 0 radical (unpaired) electrons. The van der Waals surface area contributed by atoms with Crippen LogP contribution in [-0.2, 0) is 18.0 Å². The van der Waals surface area contributed by atoms with Crippen LogP contribution in [0.1, 0.15) is 18.1 Å². The third-order valence-electron chi connectivity index (χ3n) is 2.60. The lowest BCUT2D eigenvalue weighted by Gasteiger charge is -2.09. The lowest BCUT2D eigenvalue weighted by Crippen LogP contribution is -2.04. The standard InChI is InChI=1S/C15H18N2O/c1-2-16-15-14(9-6-10-17-15)12-18-11-13-7-4-3-5-8-13/h3-10H,2,11-12H2,1H3,(H,16,17). The molecule has 2 aromatic rings. The second-order valence-corrected chi connectivity index (χ2v) is 4.02. The predicted octanol–water partition coefficient (Wildman–Crippen LogP) is 3.23. The minimum atomic E-state index is 0.574. The van der Waals surface area contributed by atoms with Crippen molar-refractivity contribution < 1.29 is 4.74 Å². The van der Waals surface area contributed by atoms with E-state index in [2.05, 4.69) is 29.4 Å². The number of benzene rings is 1. The van der Waals surface area contributed by atoms with Crippen molar-refractivity contribution in [3.63, 3.8) is 0 Å². The van der Waals surface area contributed by atoms with Crippen LogP contribution >= 0.6 is 0 Å².